The fourth-order valence-electron chi connectivity index (χ4n) is 2.60. The van der Waals surface area contributed by atoms with E-state index in [0.29, 0.717) is 12.1 Å². The van der Waals surface area contributed by atoms with Gasteiger partial charge < -0.3 is 20.4 Å². The highest BCUT2D eigenvalue weighted by atomic mass is 32.2. The minimum Gasteiger partial charge on any atom is -0.506 e. The number of hydrogen-bond acceptors (Lipinski definition) is 14. The van der Waals surface area contributed by atoms with E-state index in [1.165, 1.54) is 0 Å². The number of hydrogen-bond donors (Lipinski definition) is 5. The maximum Gasteiger partial charge on any atom is 0.314 e. The lowest BCUT2D eigenvalue weighted by molar-refractivity contribution is -0.386. The van der Waals surface area contributed by atoms with Crippen LogP contribution in [0.25, 0.3) is 0 Å². The Morgan fingerprint density at radius 1 is 0.694 bits per heavy atom. The number of benzene rings is 3. The Morgan fingerprint density at radius 3 is 1.92 bits per heavy atom. The van der Waals surface area contributed by atoms with Gasteiger partial charge in [-0.1, -0.05) is 0 Å². The number of non-ortho nitro benzene ring substituents is 1. The monoisotopic (exact) mass is 520 g/mol. The van der Waals surface area contributed by atoms with Crippen molar-refractivity contribution in [2.75, 3.05) is 0 Å². The largest absolute Gasteiger partial charge is 0.506 e. The van der Waals surface area contributed by atoms with E-state index in [2.05, 4.69) is 20.5 Å². The van der Waals surface area contributed by atoms with Crippen LogP contribution in [0.3, 0.4) is 0 Å². The van der Waals surface area contributed by atoms with Gasteiger partial charge in [0.2, 0.25) is 5.75 Å². The molecule has 0 amide bonds. The van der Waals surface area contributed by atoms with Crippen LogP contribution < -0.4 is 0 Å². The van der Waals surface area contributed by atoms with Gasteiger partial charge in [0, 0.05) is 18.2 Å². The van der Waals surface area contributed by atoms with Gasteiger partial charge >= 0.3 is 5.69 Å². The molecule has 18 heteroatoms. The molecule has 0 heterocycles. The number of azo groups is 2. The first-order valence-corrected chi connectivity index (χ1v) is 10.6. The summed E-state index contributed by atoms with van der Waals surface area (Å²) in [6.45, 7) is 0. The smallest absolute Gasteiger partial charge is 0.314 e. The van der Waals surface area contributed by atoms with Crippen LogP contribution in [0, 0.1) is 20.2 Å². The fourth-order valence-corrected chi connectivity index (χ4v) is 3.12. The van der Waals surface area contributed by atoms with Gasteiger partial charge in [0.25, 0.3) is 15.8 Å². The van der Waals surface area contributed by atoms with E-state index >= 15 is 0 Å². The van der Waals surface area contributed by atoms with Gasteiger partial charge in [-0.05, 0) is 24.3 Å². The first-order valence-electron chi connectivity index (χ1n) is 9.14. The Kier molecular flexibility index (Phi) is 6.74. The van der Waals surface area contributed by atoms with Crippen LogP contribution in [0.1, 0.15) is 0 Å². The molecule has 0 aliphatic heterocycles. The third-order valence-electron chi connectivity index (χ3n) is 4.34. The van der Waals surface area contributed by atoms with Gasteiger partial charge in [0.05, 0.1) is 9.85 Å². The van der Waals surface area contributed by atoms with E-state index in [9.17, 15) is 53.6 Å². The highest BCUT2D eigenvalue weighted by molar-refractivity contribution is 7.85. The van der Waals surface area contributed by atoms with Crippen molar-refractivity contribution in [3.05, 3.63) is 62.7 Å². The van der Waals surface area contributed by atoms with Crippen LogP contribution in [-0.4, -0.2) is 43.2 Å². The van der Waals surface area contributed by atoms with Gasteiger partial charge in [-0.2, -0.15) is 8.42 Å². The van der Waals surface area contributed by atoms with E-state index in [4.69, 9.17) is 0 Å². The van der Waals surface area contributed by atoms with E-state index in [1.807, 2.05) is 0 Å². The molecule has 3 aromatic carbocycles. The summed E-state index contributed by atoms with van der Waals surface area (Å²) in [5.74, 6) is -3.17. The van der Waals surface area contributed by atoms with Crippen LogP contribution in [0.5, 0.6) is 23.0 Å². The van der Waals surface area contributed by atoms with Crippen LogP contribution in [0.15, 0.2) is 67.8 Å². The SMILES string of the molecule is O=[N+]([O-])c1ccc(O)c(N=Nc2ccc(O)c(N=Nc3cc(S(=O)(=O)O)cc([N+](=O)[O-])c3O)c2O)c1. The fraction of sp³-hybridized carbons (Fsp3) is 0. The number of phenols is 4. The highest BCUT2D eigenvalue weighted by Crippen LogP contribution is 2.46. The van der Waals surface area contributed by atoms with E-state index in [1.54, 1.807) is 0 Å². The molecule has 0 aliphatic carbocycles. The van der Waals surface area contributed by atoms with Crippen molar-refractivity contribution in [2.45, 2.75) is 4.90 Å². The summed E-state index contributed by atoms with van der Waals surface area (Å²) in [4.78, 5) is 19.1. The minimum absolute atomic E-state index is 0.334. The maximum absolute atomic E-state index is 11.4. The number of nitrogens with zero attached hydrogens (tertiary/aromatic N) is 6. The summed E-state index contributed by atoms with van der Waals surface area (Å²) in [5, 5.41) is 76.3. The first kappa shape index (κ1) is 25.4. The molecule has 0 bridgehead atoms. The zero-order valence-corrected chi connectivity index (χ0v) is 18.1. The average molecular weight is 520 g/mol. The molecule has 3 rings (SSSR count). The van der Waals surface area contributed by atoms with Crippen molar-refractivity contribution in [2.24, 2.45) is 20.5 Å². The van der Waals surface area contributed by atoms with Crippen LogP contribution in [0.4, 0.5) is 34.1 Å². The normalized spacial score (nSPS) is 11.8. The lowest BCUT2D eigenvalue weighted by Gasteiger charge is -2.05. The standard InChI is InChI=1S/C18H12N6O11S/c25-14-3-1-8(23(29)30)5-11(14)20-19-10-2-4-15(26)16(18(10)28)22-21-12-6-9(36(33,34)35)7-13(17(12)27)24(31)32/h1-7,25-28H,(H,33,34,35). The second-order valence-electron chi connectivity index (χ2n) is 6.67. The third kappa shape index (κ3) is 5.29. The Bertz CT molecular complexity index is 1570. The van der Waals surface area contributed by atoms with Crippen molar-refractivity contribution in [3.63, 3.8) is 0 Å². The topological polar surface area (TPSA) is 271 Å². The van der Waals surface area contributed by atoms with E-state index in [0.717, 1.165) is 30.3 Å². The lowest BCUT2D eigenvalue weighted by atomic mass is 10.2. The Morgan fingerprint density at radius 2 is 1.31 bits per heavy atom. The summed E-state index contributed by atoms with van der Waals surface area (Å²) >= 11 is 0. The molecule has 0 unspecified atom stereocenters. The van der Waals surface area contributed by atoms with Gasteiger partial charge in [-0.15, -0.1) is 20.5 Å². The molecular formula is C18H12N6O11S. The molecule has 5 N–H and O–H groups in total. The second kappa shape index (κ2) is 9.56. The van der Waals surface area contributed by atoms with E-state index < -0.39 is 70.6 Å². The zero-order chi connectivity index (χ0) is 26.8. The van der Waals surface area contributed by atoms with Crippen molar-refractivity contribution in [1.29, 1.82) is 0 Å². The number of phenolic OH excluding ortho intramolecular Hbond substituents is 4. The third-order valence-corrected chi connectivity index (χ3v) is 5.17. The zero-order valence-electron chi connectivity index (χ0n) is 17.3. The predicted molar refractivity (Wildman–Crippen MR) is 117 cm³/mol. The molecule has 0 aromatic heterocycles. The highest BCUT2D eigenvalue weighted by Gasteiger charge is 2.24. The quantitative estimate of drug-likeness (QED) is 0.126. The molecule has 0 fully saturated rings. The van der Waals surface area contributed by atoms with Crippen LogP contribution >= 0.6 is 0 Å². The predicted octanol–water partition coefficient (Wildman–Crippen LogP) is 4.40. The number of nitro benzene ring substituents is 2. The average Bonchev–Trinajstić information content (AvgIpc) is 2.79. The van der Waals surface area contributed by atoms with Crippen molar-refractivity contribution >= 4 is 44.2 Å². The lowest BCUT2D eigenvalue weighted by Crippen LogP contribution is -1.99. The molecule has 17 nitrogen and oxygen atoms in total. The summed E-state index contributed by atoms with van der Waals surface area (Å²) in [6, 6.07) is 5.84. The summed E-state index contributed by atoms with van der Waals surface area (Å²) in [7, 11) is -4.96. The molecule has 0 spiro atoms. The van der Waals surface area contributed by atoms with Gasteiger partial charge in [0.15, 0.2) is 11.4 Å². The van der Waals surface area contributed by atoms with Crippen LogP contribution in [0.2, 0.25) is 0 Å². The molecule has 186 valence electrons. The Hall–Kier alpha value is -5.23. The molecule has 0 radical (unpaired) electrons. The van der Waals surface area contributed by atoms with Crippen molar-refractivity contribution in [1.82, 2.24) is 0 Å². The maximum atomic E-state index is 11.4. The van der Waals surface area contributed by atoms with Gasteiger partial charge in [-0.25, -0.2) is 0 Å². The van der Waals surface area contributed by atoms with Gasteiger partial charge in [0.1, 0.15) is 33.5 Å². The van der Waals surface area contributed by atoms with E-state index in [-0.39, 0.29) is 11.4 Å². The summed E-state index contributed by atoms with van der Waals surface area (Å²) in [5.41, 5.74) is -3.77. The summed E-state index contributed by atoms with van der Waals surface area (Å²) in [6.07, 6.45) is 0. The second-order valence-corrected chi connectivity index (χ2v) is 8.09. The number of nitro groups is 2. The molecule has 0 saturated heterocycles. The molecule has 0 aliphatic rings. The first-order chi connectivity index (χ1) is 16.8. The minimum atomic E-state index is -4.96. The number of aromatic hydroxyl groups is 4. The summed E-state index contributed by atoms with van der Waals surface area (Å²) < 4.78 is 32.0. The van der Waals surface area contributed by atoms with Gasteiger partial charge in [-0.3, -0.25) is 24.8 Å². The van der Waals surface area contributed by atoms with Crippen molar-refractivity contribution < 1.29 is 43.2 Å². The Balaban J connectivity index is 2.06. The molecule has 3 aromatic rings. The Labute approximate surface area is 199 Å². The van der Waals surface area contributed by atoms with Crippen LogP contribution in [-0.2, 0) is 10.1 Å². The molecule has 0 atom stereocenters. The number of rotatable bonds is 7. The molecule has 0 saturated carbocycles. The molecule has 36 heavy (non-hydrogen) atoms. The molecular weight excluding hydrogens is 508 g/mol. The van der Waals surface area contributed by atoms with Crippen molar-refractivity contribution in [3.8, 4) is 23.0 Å².